The smallest absolute Gasteiger partial charge is 0.313 e. The standard InChI is InChI=1S/C23H18F6N2O/c1-14-5-3-4-6-18(14)19-7-8-30-13-20(19)31(2)21(32)11-15-9-16(22(24,25)26)12-17(10-15)23(27,28)29/h3-10,12-13H,11H2,1-2H3. The first-order valence-corrected chi connectivity index (χ1v) is 9.43. The van der Waals surface area contributed by atoms with Crippen LogP contribution in [0.25, 0.3) is 11.1 Å². The Labute approximate surface area is 180 Å². The van der Waals surface area contributed by atoms with Crippen molar-refractivity contribution in [3.8, 4) is 11.1 Å². The molecule has 1 heterocycles. The Morgan fingerprint density at radius 2 is 1.50 bits per heavy atom. The molecular formula is C23H18F6N2O. The highest BCUT2D eigenvalue weighted by molar-refractivity contribution is 5.98. The van der Waals surface area contributed by atoms with E-state index in [0.717, 1.165) is 11.1 Å². The monoisotopic (exact) mass is 452 g/mol. The van der Waals surface area contributed by atoms with Crippen LogP contribution < -0.4 is 4.90 Å². The molecule has 32 heavy (non-hydrogen) atoms. The predicted octanol–water partition coefficient (Wildman–Crippen LogP) is 6.30. The first-order valence-electron chi connectivity index (χ1n) is 9.43. The molecule has 0 bridgehead atoms. The number of nitrogens with zero attached hydrogens (tertiary/aromatic N) is 2. The van der Waals surface area contributed by atoms with E-state index in [4.69, 9.17) is 0 Å². The molecule has 0 radical (unpaired) electrons. The van der Waals surface area contributed by atoms with Gasteiger partial charge in [0.2, 0.25) is 5.91 Å². The fourth-order valence-corrected chi connectivity index (χ4v) is 3.31. The Bertz CT molecular complexity index is 1110. The molecule has 0 aliphatic carbocycles. The zero-order chi connectivity index (χ0) is 23.7. The molecule has 0 aliphatic heterocycles. The van der Waals surface area contributed by atoms with Gasteiger partial charge in [0.15, 0.2) is 0 Å². The van der Waals surface area contributed by atoms with Gasteiger partial charge in [-0.1, -0.05) is 24.3 Å². The largest absolute Gasteiger partial charge is 0.416 e. The molecule has 0 aliphatic rings. The highest BCUT2D eigenvalue weighted by Crippen LogP contribution is 2.37. The summed E-state index contributed by atoms with van der Waals surface area (Å²) in [6.07, 6.45) is -7.65. The number of alkyl halides is 6. The van der Waals surface area contributed by atoms with Crippen molar-refractivity contribution < 1.29 is 31.1 Å². The molecule has 0 unspecified atom stereocenters. The van der Waals surface area contributed by atoms with Crippen LogP contribution >= 0.6 is 0 Å². The fraction of sp³-hybridized carbons (Fsp3) is 0.217. The summed E-state index contributed by atoms with van der Waals surface area (Å²) in [5, 5.41) is 0. The van der Waals surface area contributed by atoms with Gasteiger partial charge < -0.3 is 4.90 Å². The summed E-state index contributed by atoms with van der Waals surface area (Å²) < 4.78 is 78.6. The summed E-state index contributed by atoms with van der Waals surface area (Å²) >= 11 is 0. The normalized spacial score (nSPS) is 12.0. The van der Waals surface area contributed by atoms with Crippen LogP contribution in [-0.4, -0.2) is 17.9 Å². The maximum atomic E-state index is 13.1. The molecule has 0 fully saturated rings. The van der Waals surface area contributed by atoms with E-state index < -0.39 is 35.8 Å². The number of halogens is 6. The maximum absolute atomic E-state index is 13.1. The average molecular weight is 452 g/mol. The Kier molecular flexibility index (Phi) is 6.29. The number of hydrogen-bond donors (Lipinski definition) is 0. The lowest BCUT2D eigenvalue weighted by molar-refractivity contribution is -0.143. The lowest BCUT2D eigenvalue weighted by Crippen LogP contribution is -2.28. The first-order chi connectivity index (χ1) is 14.9. The summed E-state index contributed by atoms with van der Waals surface area (Å²) in [6, 6.07) is 10.2. The van der Waals surface area contributed by atoms with Crippen LogP contribution in [0.3, 0.4) is 0 Å². The third-order valence-corrected chi connectivity index (χ3v) is 4.97. The Morgan fingerprint density at radius 3 is 2.06 bits per heavy atom. The van der Waals surface area contributed by atoms with Crippen molar-refractivity contribution in [3.63, 3.8) is 0 Å². The second-order valence-corrected chi connectivity index (χ2v) is 7.25. The second kappa shape index (κ2) is 8.64. The summed E-state index contributed by atoms with van der Waals surface area (Å²) in [6.45, 7) is 1.88. The first kappa shape index (κ1) is 23.3. The van der Waals surface area contributed by atoms with Gasteiger partial charge in [0.25, 0.3) is 0 Å². The van der Waals surface area contributed by atoms with Gasteiger partial charge in [-0.15, -0.1) is 0 Å². The van der Waals surface area contributed by atoms with Crippen molar-refractivity contribution in [1.82, 2.24) is 4.98 Å². The quantitative estimate of drug-likeness (QED) is 0.436. The zero-order valence-electron chi connectivity index (χ0n) is 17.1. The highest BCUT2D eigenvalue weighted by Gasteiger charge is 2.37. The maximum Gasteiger partial charge on any atom is 0.416 e. The summed E-state index contributed by atoms with van der Waals surface area (Å²) in [5.41, 5.74) is -0.509. The van der Waals surface area contributed by atoms with E-state index in [2.05, 4.69) is 4.98 Å². The van der Waals surface area contributed by atoms with Gasteiger partial charge in [0.05, 0.1) is 29.4 Å². The van der Waals surface area contributed by atoms with Crippen molar-refractivity contribution in [2.45, 2.75) is 25.7 Å². The highest BCUT2D eigenvalue weighted by atomic mass is 19.4. The van der Waals surface area contributed by atoms with Gasteiger partial charge in [-0.2, -0.15) is 26.3 Å². The van der Waals surface area contributed by atoms with Crippen LogP contribution in [0.5, 0.6) is 0 Å². The topological polar surface area (TPSA) is 33.2 Å². The van der Waals surface area contributed by atoms with Crippen molar-refractivity contribution >= 4 is 11.6 Å². The van der Waals surface area contributed by atoms with E-state index >= 15 is 0 Å². The van der Waals surface area contributed by atoms with Crippen molar-refractivity contribution in [2.75, 3.05) is 11.9 Å². The molecule has 2 aromatic carbocycles. The lowest BCUT2D eigenvalue weighted by atomic mass is 9.99. The number of likely N-dealkylation sites (N-methyl/N-ethyl adjacent to an activating group) is 1. The van der Waals surface area contributed by atoms with E-state index in [1.54, 1.807) is 6.07 Å². The SMILES string of the molecule is Cc1ccccc1-c1ccncc1N(C)C(=O)Cc1cc(C(F)(F)F)cc(C(F)(F)F)c1. The number of anilines is 1. The summed E-state index contributed by atoms with van der Waals surface area (Å²) in [7, 11) is 1.40. The van der Waals surface area contributed by atoms with E-state index in [0.29, 0.717) is 23.4 Å². The number of hydrogen-bond acceptors (Lipinski definition) is 2. The molecule has 0 saturated heterocycles. The van der Waals surface area contributed by atoms with Crippen molar-refractivity contribution in [1.29, 1.82) is 0 Å². The van der Waals surface area contributed by atoms with Crippen molar-refractivity contribution in [3.05, 3.63) is 83.2 Å². The van der Waals surface area contributed by atoms with Crippen LogP contribution in [0, 0.1) is 6.92 Å². The zero-order valence-corrected chi connectivity index (χ0v) is 17.1. The van der Waals surface area contributed by atoms with Crippen LogP contribution in [0.1, 0.15) is 22.3 Å². The third kappa shape index (κ3) is 5.09. The molecule has 3 nitrogen and oxygen atoms in total. The van der Waals surface area contributed by atoms with E-state index in [1.807, 2.05) is 31.2 Å². The number of aryl methyl sites for hydroxylation is 1. The van der Waals surface area contributed by atoms with Gasteiger partial charge in [-0.05, 0) is 47.9 Å². The van der Waals surface area contributed by atoms with E-state index in [1.165, 1.54) is 24.3 Å². The predicted molar refractivity (Wildman–Crippen MR) is 108 cm³/mol. The van der Waals surface area contributed by atoms with Crippen LogP contribution in [0.4, 0.5) is 32.0 Å². The summed E-state index contributed by atoms with van der Waals surface area (Å²) in [5.74, 6) is -0.680. The molecule has 1 amide bonds. The summed E-state index contributed by atoms with van der Waals surface area (Å²) in [4.78, 5) is 18.0. The number of rotatable bonds is 4. The Morgan fingerprint density at radius 1 is 0.906 bits per heavy atom. The number of benzene rings is 2. The van der Waals surface area contributed by atoms with Gasteiger partial charge >= 0.3 is 12.4 Å². The number of aromatic nitrogens is 1. The molecule has 3 aromatic rings. The van der Waals surface area contributed by atoms with Gasteiger partial charge in [0, 0.05) is 18.8 Å². The number of amides is 1. The fourth-order valence-electron chi connectivity index (χ4n) is 3.31. The van der Waals surface area contributed by atoms with Gasteiger partial charge in [-0.3, -0.25) is 9.78 Å². The minimum Gasteiger partial charge on any atom is -0.313 e. The number of carbonyl (C=O) groups is 1. The number of pyridine rings is 1. The minimum absolute atomic E-state index is 0.0368. The molecule has 168 valence electrons. The van der Waals surface area contributed by atoms with Gasteiger partial charge in [0.1, 0.15) is 0 Å². The van der Waals surface area contributed by atoms with E-state index in [9.17, 15) is 31.1 Å². The molecule has 0 spiro atoms. The second-order valence-electron chi connectivity index (χ2n) is 7.25. The van der Waals surface area contributed by atoms with Crippen molar-refractivity contribution in [2.24, 2.45) is 0 Å². The van der Waals surface area contributed by atoms with Gasteiger partial charge in [-0.25, -0.2) is 0 Å². The molecule has 3 rings (SSSR count). The van der Waals surface area contributed by atoms with Crippen LogP contribution in [0.15, 0.2) is 60.9 Å². The molecule has 0 atom stereocenters. The van der Waals surface area contributed by atoms with Crippen LogP contribution in [0.2, 0.25) is 0 Å². The molecular weight excluding hydrogens is 434 g/mol. The van der Waals surface area contributed by atoms with E-state index in [-0.39, 0.29) is 11.6 Å². The molecule has 0 N–H and O–H groups in total. The Balaban J connectivity index is 1.96. The molecule has 0 saturated carbocycles. The number of carbonyl (C=O) groups excluding carboxylic acids is 1. The minimum atomic E-state index is -4.98. The lowest BCUT2D eigenvalue weighted by Gasteiger charge is -2.22. The van der Waals surface area contributed by atoms with Crippen LogP contribution in [-0.2, 0) is 23.6 Å². The molecule has 1 aromatic heterocycles. The average Bonchev–Trinajstić information content (AvgIpc) is 2.72. The third-order valence-electron chi connectivity index (χ3n) is 4.97. The molecule has 9 heteroatoms. The Hall–Kier alpha value is -3.36.